The third-order valence-electron chi connectivity index (χ3n) is 5.19. The van der Waals surface area contributed by atoms with Gasteiger partial charge in [-0.3, -0.25) is 5.10 Å². The number of allylic oxidation sites excluding steroid dienone is 1. The molecule has 0 aliphatic carbocycles. The van der Waals surface area contributed by atoms with Crippen LogP contribution < -0.4 is 24.7 Å². The molecule has 2 aromatic carbocycles. The predicted molar refractivity (Wildman–Crippen MR) is 119 cm³/mol. The Labute approximate surface area is 194 Å². The molecule has 1 aliphatic heterocycles. The molecule has 0 spiro atoms. The summed E-state index contributed by atoms with van der Waals surface area (Å²) in [6.07, 6.45) is 0. The number of aromatic amines is 1. The molecule has 164 valence electrons. The summed E-state index contributed by atoms with van der Waals surface area (Å²) in [5, 5.41) is 18.0. The average molecular weight is 473 g/mol. The van der Waals surface area contributed by atoms with Crippen LogP contribution in [0, 0.1) is 11.3 Å². The third kappa shape index (κ3) is 3.36. The van der Waals surface area contributed by atoms with E-state index in [-0.39, 0.29) is 17.3 Å². The summed E-state index contributed by atoms with van der Waals surface area (Å²) in [6, 6.07) is 10.9. The zero-order chi connectivity index (χ0) is 23.0. The van der Waals surface area contributed by atoms with E-state index in [1.807, 2.05) is 0 Å². The molecule has 1 aromatic heterocycles. The number of methoxy groups -OCH3 is 3. The van der Waals surface area contributed by atoms with Crippen molar-refractivity contribution < 1.29 is 18.9 Å². The van der Waals surface area contributed by atoms with Crippen LogP contribution in [-0.4, -0.2) is 31.5 Å². The molecule has 1 atom stereocenters. The summed E-state index contributed by atoms with van der Waals surface area (Å²) in [6.45, 7) is 0. The largest absolute Gasteiger partial charge is 0.493 e. The standard InChI is InChI=1S/C22H18Cl2N4O4/c1-29-15-7-5-11(19(30-2)20(15)31-3)16-12(9-25)21(26)32-22-17(16)18(27-28-22)10-4-6-13(23)14(24)8-10/h4-8,16H,26H2,1-3H3,(H,27,28). The Bertz CT molecular complexity index is 1280. The van der Waals surface area contributed by atoms with Crippen molar-refractivity contribution in [1.29, 1.82) is 5.26 Å². The van der Waals surface area contributed by atoms with Crippen LogP contribution in [0.25, 0.3) is 11.3 Å². The van der Waals surface area contributed by atoms with Crippen LogP contribution in [0.5, 0.6) is 23.1 Å². The first-order valence-corrected chi connectivity index (χ1v) is 10.1. The molecule has 0 bridgehead atoms. The summed E-state index contributed by atoms with van der Waals surface area (Å²) in [5.41, 5.74) is 8.81. The Hall–Kier alpha value is -3.54. The minimum absolute atomic E-state index is 0.0472. The second-order valence-corrected chi connectivity index (χ2v) is 7.61. The van der Waals surface area contributed by atoms with E-state index in [0.29, 0.717) is 49.7 Å². The van der Waals surface area contributed by atoms with Crippen molar-refractivity contribution in [2.24, 2.45) is 5.73 Å². The van der Waals surface area contributed by atoms with Crippen molar-refractivity contribution in [3.63, 3.8) is 0 Å². The first kappa shape index (κ1) is 21.7. The van der Waals surface area contributed by atoms with Gasteiger partial charge in [0.25, 0.3) is 0 Å². The molecule has 1 unspecified atom stereocenters. The summed E-state index contributed by atoms with van der Waals surface area (Å²) >= 11 is 12.3. The SMILES string of the molecule is COc1ccc(C2C(C#N)=C(N)Oc3n[nH]c(-c4ccc(Cl)c(Cl)c4)c32)c(OC)c1OC. The van der Waals surface area contributed by atoms with Crippen molar-refractivity contribution in [3.8, 4) is 40.5 Å². The minimum atomic E-state index is -0.665. The van der Waals surface area contributed by atoms with Crippen molar-refractivity contribution >= 4 is 23.2 Å². The van der Waals surface area contributed by atoms with Gasteiger partial charge in [0.05, 0.1) is 48.5 Å². The maximum absolute atomic E-state index is 9.96. The highest BCUT2D eigenvalue weighted by molar-refractivity contribution is 6.42. The van der Waals surface area contributed by atoms with E-state index < -0.39 is 5.92 Å². The first-order chi connectivity index (χ1) is 15.4. The highest BCUT2D eigenvalue weighted by Crippen LogP contribution is 2.51. The number of fused-ring (bicyclic) bond motifs is 1. The Morgan fingerprint density at radius 3 is 2.44 bits per heavy atom. The van der Waals surface area contributed by atoms with E-state index in [9.17, 15) is 5.26 Å². The van der Waals surface area contributed by atoms with Gasteiger partial charge in [-0.15, -0.1) is 5.10 Å². The Morgan fingerprint density at radius 2 is 1.81 bits per heavy atom. The number of benzene rings is 2. The minimum Gasteiger partial charge on any atom is -0.493 e. The molecule has 0 saturated carbocycles. The van der Waals surface area contributed by atoms with Crippen LogP contribution >= 0.6 is 23.2 Å². The molecular formula is C22H18Cl2N4O4. The predicted octanol–water partition coefficient (Wildman–Crippen LogP) is 4.63. The molecule has 1 aliphatic rings. The van der Waals surface area contributed by atoms with Crippen LogP contribution in [0.1, 0.15) is 17.0 Å². The fraction of sp³-hybridized carbons (Fsp3) is 0.182. The van der Waals surface area contributed by atoms with Gasteiger partial charge in [-0.1, -0.05) is 35.3 Å². The van der Waals surface area contributed by atoms with Gasteiger partial charge >= 0.3 is 0 Å². The van der Waals surface area contributed by atoms with E-state index in [4.69, 9.17) is 47.9 Å². The lowest BCUT2D eigenvalue weighted by Gasteiger charge is -2.26. The van der Waals surface area contributed by atoms with Gasteiger partial charge in [0, 0.05) is 11.1 Å². The number of ether oxygens (including phenoxy) is 4. The molecule has 8 nitrogen and oxygen atoms in total. The fourth-order valence-electron chi connectivity index (χ4n) is 3.78. The van der Waals surface area contributed by atoms with E-state index in [2.05, 4.69) is 16.3 Å². The van der Waals surface area contributed by atoms with E-state index in [1.165, 1.54) is 21.3 Å². The van der Waals surface area contributed by atoms with E-state index in [0.717, 1.165) is 0 Å². The normalized spacial score (nSPS) is 14.9. The van der Waals surface area contributed by atoms with Gasteiger partial charge in [-0.2, -0.15) is 5.26 Å². The van der Waals surface area contributed by atoms with Gasteiger partial charge < -0.3 is 24.7 Å². The number of nitrogens with one attached hydrogen (secondary N) is 1. The van der Waals surface area contributed by atoms with Crippen LogP contribution in [0.15, 0.2) is 41.8 Å². The van der Waals surface area contributed by atoms with Gasteiger partial charge in [-0.25, -0.2) is 0 Å². The number of halogens is 2. The molecule has 3 N–H and O–H groups in total. The monoisotopic (exact) mass is 472 g/mol. The number of nitriles is 1. The smallest absolute Gasteiger partial charge is 0.244 e. The molecule has 10 heteroatoms. The van der Waals surface area contributed by atoms with Crippen LogP contribution in [0.3, 0.4) is 0 Å². The number of hydrogen-bond donors (Lipinski definition) is 2. The second-order valence-electron chi connectivity index (χ2n) is 6.79. The number of nitrogens with two attached hydrogens (primary N) is 1. The number of H-pyrrole nitrogens is 1. The lowest BCUT2D eigenvalue weighted by Crippen LogP contribution is -2.21. The van der Waals surface area contributed by atoms with E-state index in [1.54, 1.807) is 30.3 Å². The van der Waals surface area contributed by atoms with Gasteiger partial charge in [0.2, 0.25) is 17.5 Å². The van der Waals surface area contributed by atoms with Crippen LogP contribution in [0.4, 0.5) is 0 Å². The zero-order valence-electron chi connectivity index (χ0n) is 17.3. The second kappa shape index (κ2) is 8.54. The molecule has 0 fully saturated rings. The fourth-order valence-corrected chi connectivity index (χ4v) is 4.08. The van der Waals surface area contributed by atoms with Crippen molar-refractivity contribution in [3.05, 3.63) is 63.0 Å². The van der Waals surface area contributed by atoms with Crippen molar-refractivity contribution in [2.45, 2.75) is 5.92 Å². The number of nitrogens with zero attached hydrogens (tertiary/aromatic N) is 2. The quantitative estimate of drug-likeness (QED) is 0.555. The van der Waals surface area contributed by atoms with Crippen LogP contribution in [-0.2, 0) is 0 Å². The Balaban J connectivity index is 2.01. The van der Waals surface area contributed by atoms with Gasteiger partial charge in [0.15, 0.2) is 11.5 Å². The molecule has 4 rings (SSSR count). The van der Waals surface area contributed by atoms with Crippen LogP contribution in [0.2, 0.25) is 10.0 Å². The van der Waals surface area contributed by atoms with Gasteiger partial charge in [-0.05, 0) is 18.2 Å². The third-order valence-corrected chi connectivity index (χ3v) is 5.93. The highest BCUT2D eigenvalue weighted by atomic mass is 35.5. The number of hydrogen-bond acceptors (Lipinski definition) is 7. The van der Waals surface area contributed by atoms with Crippen molar-refractivity contribution in [2.75, 3.05) is 21.3 Å². The lowest BCUT2D eigenvalue weighted by atomic mass is 9.82. The summed E-state index contributed by atoms with van der Waals surface area (Å²) in [5.74, 6) is 0.787. The lowest BCUT2D eigenvalue weighted by molar-refractivity contribution is 0.321. The summed E-state index contributed by atoms with van der Waals surface area (Å²) in [7, 11) is 4.55. The highest BCUT2D eigenvalue weighted by Gasteiger charge is 2.38. The van der Waals surface area contributed by atoms with Crippen molar-refractivity contribution in [1.82, 2.24) is 10.2 Å². The summed E-state index contributed by atoms with van der Waals surface area (Å²) in [4.78, 5) is 0. The van der Waals surface area contributed by atoms with E-state index >= 15 is 0 Å². The molecular weight excluding hydrogens is 455 g/mol. The average Bonchev–Trinajstić information content (AvgIpc) is 3.22. The number of rotatable bonds is 5. The zero-order valence-corrected chi connectivity index (χ0v) is 18.8. The first-order valence-electron chi connectivity index (χ1n) is 9.35. The maximum Gasteiger partial charge on any atom is 0.244 e. The topological polar surface area (TPSA) is 115 Å². The molecule has 0 radical (unpaired) electrons. The number of aromatic nitrogens is 2. The molecule has 2 heterocycles. The summed E-state index contributed by atoms with van der Waals surface area (Å²) < 4.78 is 22.3. The molecule has 0 amide bonds. The molecule has 32 heavy (non-hydrogen) atoms. The maximum atomic E-state index is 9.96. The van der Waals surface area contributed by atoms with Gasteiger partial charge in [0.1, 0.15) is 11.6 Å². The Morgan fingerprint density at radius 1 is 1.06 bits per heavy atom. The molecule has 0 saturated heterocycles. The Kier molecular flexibility index (Phi) is 5.78. The molecule has 3 aromatic rings.